The quantitative estimate of drug-likeness (QED) is 0.795. The molecule has 3 aromatic rings. The molecule has 0 radical (unpaired) electrons. The summed E-state index contributed by atoms with van der Waals surface area (Å²) in [6.07, 6.45) is 1.70. The SMILES string of the molecule is Clc1cccnc1NCc1nnc(-c2ccccc2)s1. The summed E-state index contributed by atoms with van der Waals surface area (Å²) in [6.45, 7) is 0.557. The Kier molecular flexibility index (Phi) is 3.90. The van der Waals surface area contributed by atoms with E-state index in [9.17, 15) is 0 Å². The molecule has 100 valence electrons. The highest BCUT2D eigenvalue weighted by Gasteiger charge is 2.07. The van der Waals surface area contributed by atoms with Crippen LogP contribution in [0.2, 0.25) is 5.02 Å². The van der Waals surface area contributed by atoms with Crippen molar-refractivity contribution in [2.75, 3.05) is 5.32 Å². The van der Waals surface area contributed by atoms with Gasteiger partial charge in [-0.2, -0.15) is 0 Å². The van der Waals surface area contributed by atoms with E-state index in [1.807, 2.05) is 30.3 Å². The molecule has 0 amide bonds. The lowest BCUT2D eigenvalue weighted by Crippen LogP contribution is -2.01. The van der Waals surface area contributed by atoms with Crippen LogP contribution in [0.1, 0.15) is 5.01 Å². The fraction of sp³-hybridized carbons (Fsp3) is 0.0714. The molecule has 0 saturated heterocycles. The number of hydrogen-bond donors (Lipinski definition) is 1. The second-order valence-electron chi connectivity index (χ2n) is 4.05. The Bertz CT molecular complexity index is 699. The fourth-order valence-electron chi connectivity index (χ4n) is 1.70. The average molecular weight is 303 g/mol. The molecule has 2 heterocycles. The Hall–Kier alpha value is -1.98. The molecule has 0 aliphatic carbocycles. The van der Waals surface area contributed by atoms with Crippen LogP contribution in [0.4, 0.5) is 5.82 Å². The maximum atomic E-state index is 6.03. The zero-order chi connectivity index (χ0) is 13.8. The maximum Gasteiger partial charge on any atom is 0.147 e. The molecule has 2 aromatic heterocycles. The van der Waals surface area contributed by atoms with Crippen molar-refractivity contribution in [1.29, 1.82) is 0 Å². The Labute approximate surface area is 125 Å². The van der Waals surface area contributed by atoms with Crippen LogP contribution in [0.25, 0.3) is 10.6 Å². The molecule has 0 bridgehead atoms. The molecule has 0 saturated carbocycles. The third kappa shape index (κ3) is 2.95. The molecule has 0 fully saturated rings. The van der Waals surface area contributed by atoms with E-state index in [4.69, 9.17) is 11.6 Å². The van der Waals surface area contributed by atoms with Crippen LogP contribution in [-0.2, 0) is 6.54 Å². The highest BCUT2D eigenvalue weighted by atomic mass is 35.5. The van der Waals surface area contributed by atoms with E-state index < -0.39 is 0 Å². The Balaban J connectivity index is 1.71. The third-order valence-corrected chi connectivity index (χ3v) is 3.93. The molecule has 0 aliphatic rings. The van der Waals surface area contributed by atoms with E-state index in [-0.39, 0.29) is 0 Å². The van der Waals surface area contributed by atoms with Gasteiger partial charge in [-0.05, 0) is 12.1 Å². The maximum absolute atomic E-state index is 6.03. The highest BCUT2D eigenvalue weighted by Crippen LogP contribution is 2.24. The van der Waals surface area contributed by atoms with Crippen molar-refractivity contribution < 1.29 is 0 Å². The molecule has 1 aromatic carbocycles. The first kappa shape index (κ1) is 13.0. The summed E-state index contributed by atoms with van der Waals surface area (Å²) in [7, 11) is 0. The summed E-state index contributed by atoms with van der Waals surface area (Å²) >= 11 is 7.59. The number of nitrogens with one attached hydrogen (secondary N) is 1. The molecule has 20 heavy (non-hydrogen) atoms. The molecular weight excluding hydrogens is 292 g/mol. The first-order valence-electron chi connectivity index (χ1n) is 6.05. The lowest BCUT2D eigenvalue weighted by molar-refractivity contribution is 0.985. The summed E-state index contributed by atoms with van der Waals surface area (Å²) in [5.41, 5.74) is 1.08. The number of aromatic nitrogens is 3. The van der Waals surface area contributed by atoms with Gasteiger partial charge in [0.2, 0.25) is 0 Å². The highest BCUT2D eigenvalue weighted by molar-refractivity contribution is 7.14. The van der Waals surface area contributed by atoms with E-state index >= 15 is 0 Å². The smallest absolute Gasteiger partial charge is 0.147 e. The van der Waals surface area contributed by atoms with Gasteiger partial charge in [0.1, 0.15) is 15.8 Å². The first-order chi connectivity index (χ1) is 9.83. The van der Waals surface area contributed by atoms with Gasteiger partial charge in [-0.15, -0.1) is 10.2 Å². The van der Waals surface area contributed by atoms with Crippen LogP contribution in [0.15, 0.2) is 48.7 Å². The predicted molar refractivity (Wildman–Crippen MR) is 81.9 cm³/mol. The largest absolute Gasteiger partial charge is 0.362 e. The van der Waals surface area contributed by atoms with Gasteiger partial charge in [-0.3, -0.25) is 0 Å². The number of hydrogen-bond acceptors (Lipinski definition) is 5. The molecule has 0 spiro atoms. The van der Waals surface area contributed by atoms with Gasteiger partial charge in [-0.1, -0.05) is 53.3 Å². The third-order valence-electron chi connectivity index (χ3n) is 2.65. The van der Waals surface area contributed by atoms with E-state index in [2.05, 4.69) is 20.5 Å². The van der Waals surface area contributed by atoms with E-state index in [1.54, 1.807) is 29.7 Å². The summed E-state index contributed by atoms with van der Waals surface area (Å²) in [6, 6.07) is 13.6. The zero-order valence-electron chi connectivity index (χ0n) is 10.5. The van der Waals surface area contributed by atoms with Crippen molar-refractivity contribution in [1.82, 2.24) is 15.2 Å². The Morgan fingerprint density at radius 3 is 2.70 bits per heavy atom. The number of halogens is 1. The Morgan fingerprint density at radius 1 is 1.05 bits per heavy atom. The predicted octanol–water partition coefficient (Wildman–Crippen LogP) is 3.87. The van der Waals surface area contributed by atoms with E-state index in [0.717, 1.165) is 15.6 Å². The summed E-state index contributed by atoms with van der Waals surface area (Å²) in [5, 5.41) is 13.9. The molecular formula is C14H11ClN4S. The van der Waals surface area contributed by atoms with Crippen LogP contribution in [0.3, 0.4) is 0 Å². The van der Waals surface area contributed by atoms with Crippen LogP contribution in [0, 0.1) is 0 Å². The van der Waals surface area contributed by atoms with Crippen molar-refractivity contribution in [2.24, 2.45) is 0 Å². The van der Waals surface area contributed by atoms with E-state index in [1.165, 1.54) is 0 Å². The summed E-state index contributed by atoms with van der Waals surface area (Å²) in [4.78, 5) is 4.17. The van der Waals surface area contributed by atoms with Crippen LogP contribution in [0.5, 0.6) is 0 Å². The Morgan fingerprint density at radius 2 is 1.90 bits per heavy atom. The average Bonchev–Trinajstić information content (AvgIpc) is 2.96. The van der Waals surface area contributed by atoms with E-state index in [0.29, 0.717) is 17.4 Å². The molecule has 1 N–H and O–H groups in total. The minimum atomic E-state index is 0.557. The van der Waals surface area contributed by atoms with Crippen LogP contribution >= 0.6 is 22.9 Å². The molecule has 0 atom stereocenters. The molecule has 4 nitrogen and oxygen atoms in total. The standard InChI is InChI=1S/C14H11ClN4S/c15-11-7-4-8-16-13(11)17-9-12-18-19-14(20-12)10-5-2-1-3-6-10/h1-8H,9H2,(H,16,17). The van der Waals surface area contributed by atoms with Crippen molar-refractivity contribution in [3.05, 3.63) is 58.7 Å². The van der Waals surface area contributed by atoms with Gasteiger partial charge >= 0.3 is 0 Å². The van der Waals surface area contributed by atoms with Crippen molar-refractivity contribution in [3.8, 4) is 10.6 Å². The monoisotopic (exact) mass is 302 g/mol. The number of nitrogens with zero attached hydrogens (tertiary/aromatic N) is 3. The fourth-order valence-corrected chi connectivity index (χ4v) is 2.67. The van der Waals surface area contributed by atoms with Crippen molar-refractivity contribution >= 4 is 28.8 Å². The van der Waals surface area contributed by atoms with Gasteiger partial charge in [0.25, 0.3) is 0 Å². The van der Waals surface area contributed by atoms with Gasteiger partial charge in [0.05, 0.1) is 11.6 Å². The molecule has 0 aliphatic heterocycles. The van der Waals surface area contributed by atoms with Crippen LogP contribution in [-0.4, -0.2) is 15.2 Å². The number of anilines is 1. The minimum absolute atomic E-state index is 0.557. The van der Waals surface area contributed by atoms with Gasteiger partial charge in [-0.25, -0.2) is 4.98 Å². The molecule has 6 heteroatoms. The normalized spacial score (nSPS) is 10.4. The minimum Gasteiger partial charge on any atom is -0.362 e. The summed E-state index contributed by atoms with van der Waals surface area (Å²) in [5.74, 6) is 0.658. The van der Waals surface area contributed by atoms with Gasteiger partial charge in [0, 0.05) is 11.8 Å². The van der Waals surface area contributed by atoms with Gasteiger partial charge < -0.3 is 5.32 Å². The molecule has 3 rings (SSSR count). The topological polar surface area (TPSA) is 50.7 Å². The summed E-state index contributed by atoms with van der Waals surface area (Å²) < 4.78 is 0. The van der Waals surface area contributed by atoms with Crippen molar-refractivity contribution in [3.63, 3.8) is 0 Å². The zero-order valence-corrected chi connectivity index (χ0v) is 12.0. The number of rotatable bonds is 4. The van der Waals surface area contributed by atoms with Crippen molar-refractivity contribution in [2.45, 2.75) is 6.54 Å². The lowest BCUT2D eigenvalue weighted by Gasteiger charge is -2.03. The second-order valence-corrected chi connectivity index (χ2v) is 5.52. The van der Waals surface area contributed by atoms with Crippen LogP contribution < -0.4 is 5.32 Å². The first-order valence-corrected chi connectivity index (χ1v) is 7.24. The molecule has 0 unspecified atom stereocenters. The second kappa shape index (κ2) is 5.98. The lowest BCUT2D eigenvalue weighted by atomic mass is 10.2. The van der Waals surface area contributed by atoms with Gasteiger partial charge in [0.15, 0.2) is 0 Å². The number of pyridine rings is 1. The number of benzene rings is 1.